The zero-order valence-corrected chi connectivity index (χ0v) is 14.7. The molecule has 0 saturated carbocycles. The lowest BCUT2D eigenvalue weighted by Crippen LogP contribution is -2.21. The quantitative estimate of drug-likeness (QED) is 0.780. The van der Waals surface area contributed by atoms with E-state index in [1.54, 1.807) is 41.5 Å². The molecule has 3 aromatic rings. The number of rotatable bonds is 4. The second-order valence-corrected chi connectivity index (χ2v) is 6.88. The minimum absolute atomic E-state index is 0.227. The highest BCUT2D eigenvalue weighted by atomic mass is 32.1. The third-order valence-electron chi connectivity index (χ3n) is 4.17. The number of aryl methyl sites for hydroxylation is 1. The van der Waals surface area contributed by atoms with Gasteiger partial charge in [0.1, 0.15) is 11.4 Å². The van der Waals surface area contributed by atoms with E-state index in [0.29, 0.717) is 11.4 Å². The number of carbonyl (C=O) groups excluding carboxylic acids is 1. The van der Waals surface area contributed by atoms with Gasteiger partial charge in [0.25, 0.3) is 5.91 Å². The van der Waals surface area contributed by atoms with Crippen molar-refractivity contribution in [3.63, 3.8) is 0 Å². The second kappa shape index (κ2) is 6.64. The lowest BCUT2D eigenvalue weighted by atomic mass is 10.3. The van der Waals surface area contributed by atoms with Gasteiger partial charge in [-0.3, -0.25) is 9.48 Å². The molecule has 4 heterocycles. The van der Waals surface area contributed by atoms with Crippen molar-refractivity contribution in [2.45, 2.75) is 12.8 Å². The summed E-state index contributed by atoms with van der Waals surface area (Å²) in [6, 6.07) is 5.74. The van der Waals surface area contributed by atoms with Crippen molar-refractivity contribution in [2.75, 3.05) is 23.3 Å². The van der Waals surface area contributed by atoms with Crippen LogP contribution in [-0.4, -0.2) is 38.7 Å². The van der Waals surface area contributed by atoms with Gasteiger partial charge in [-0.25, -0.2) is 9.97 Å². The number of nitrogens with zero attached hydrogens (tertiary/aromatic N) is 5. The monoisotopic (exact) mass is 354 g/mol. The van der Waals surface area contributed by atoms with Crippen molar-refractivity contribution >= 4 is 28.9 Å². The van der Waals surface area contributed by atoms with E-state index in [9.17, 15) is 4.79 Å². The van der Waals surface area contributed by atoms with Crippen LogP contribution in [0.1, 0.15) is 23.3 Å². The second-order valence-electron chi connectivity index (χ2n) is 5.94. The molecule has 0 bridgehead atoms. The maximum absolute atomic E-state index is 12.5. The van der Waals surface area contributed by atoms with Crippen molar-refractivity contribution in [3.8, 4) is 10.6 Å². The lowest BCUT2D eigenvalue weighted by molar-refractivity contribution is 0.101. The summed E-state index contributed by atoms with van der Waals surface area (Å²) in [5.74, 6) is 0.492. The van der Waals surface area contributed by atoms with Crippen molar-refractivity contribution < 1.29 is 4.79 Å². The van der Waals surface area contributed by atoms with Crippen LogP contribution >= 0.6 is 11.3 Å². The Bertz CT molecular complexity index is 865. The molecule has 0 aromatic carbocycles. The maximum atomic E-state index is 12.5. The molecule has 0 aliphatic carbocycles. The van der Waals surface area contributed by atoms with Crippen LogP contribution in [-0.2, 0) is 7.05 Å². The Morgan fingerprint density at radius 2 is 2.00 bits per heavy atom. The summed E-state index contributed by atoms with van der Waals surface area (Å²) in [6.45, 7) is 1.98. The molecular weight excluding hydrogens is 336 g/mol. The molecular formula is C17H18N6OS. The molecule has 1 saturated heterocycles. The van der Waals surface area contributed by atoms with E-state index < -0.39 is 0 Å². The first-order valence-corrected chi connectivity index (χ1v) is 9.05. The number of amides is 1. The van der Waals surface area contributed by atoms with Crippen molar-refractivity contribution in [3.05, 3.63) is 41.7 Å². The third-order valence-corrected chi connectivity index (χ3v) is 5.06. The van der Waals surface area contributed by atoms with E-state index in [1.807, 2.05) is 17.5 Å². The Kier molecular flexibility index (Phi) is 4.19. The average molecular weight is 354 g/mol. The van der Waals surface area contributed by atoms with Crippen LogP contribution in [0.2, 0.25) is 0 Å². The van der Waals surface area contributed by atoms with Gasteiger partial charge in [0.15, 0.2) is 0 Å². The summed E-state index contributed by atoms with van der Waals surface area (Å²) in [5, 5.41) is 9.24. The Labute approximate surface area is 149 Å². The Morgan fingerprint density at radius 1 is 1.24 bits per heavy atom. The van der Waals surface area contributed by atoms with Crippen LogP contribution in [0.25, 0.3) is 10.6 Å². The minimum Gasteiger partial charge on any atom is -0.341 e. The minimum atomic E-state index is -0.227. The number of hydrogen-bond acceptors (Lipinski definition) is 6. The van der Waals surface area contributed by atoms with E-state index in [2.05, 4.69) is 25.3 Å². The first-order chi connectivity index (χ1) is 12.2. The molecule has 4 rings (SSSR count). The summed E-state index contributed by atoms with van der Waals surface area (Å²) in [5.41, 5.74) is 1.86. The highest BCUT2D eigenvalue weighted by Gasteiger charge is 2.17. The fourth-order valence-electron chi connectivity index (χ4n) is 2.89. The van der Waals surface area contributed by atoms with E-state index in [0.717, 1.165) is 29.6 Å². The fraction of sp³-hybridized carbons (Fsp3) is 0.294. The fourth-order valence-corrected chi connectivity index (χ4v) is 3.57. The van der Waals surface area contributed by atoms with E-state index in [-0.39, 0.29) is 5.91 Å². The first-order valence-electron chi connectivity index (χ1n) is 8.17. The zero-order chi connectivity index (χ0) is 17.2. The maximum Gasteiger partial charge on any atom is 0.274 e. The number of nitrogens with one attached hydrogen (secondary N) is 1. The SMILES string of the molecule is Cn1nc(-c2cccs2)cc1C(=O)Nc1cnc(N2CCCC2)nc1. The van der Waals surface area contributed by atoms with E-state index in [4.69, 9.17) is 0 Å². The Morgan fingerprint density at radius 3 is 2.68 bits per heavy atom. The molecule has 128 valence electrons. The van der Waals surface area contributed by atoms with Gasteiger partial charge in [0.2, 0.25) is 5.95 Å². The summed E-state index contributed by atoms with van der Waals surface area (Å²) in [7, 11) is 1.76. The van der Waals surface area contributed by atoms with E-state index in [1.165, 1.54) is 12.8 Å². The topological polar surface area (TPSA) is 75.9 Å². The summed E-state index contributed by atoms with van der Waals surface area (Å²) >= 11 is 1.60. The van der Waals surface area contributed by atoms with Gasteiger partial charge < -0.3 is 10.2 Å². The average Bonchev–Trinajstić information content (AvgIpc) is 3.37. The molecule has 7 nitrogen and oxygen atoms in total. The molecule has 0 radical (unpaired) electrons. The molecule has 1 fully saturated rings. The number of thiophene rings is 1. The molecule has 1 N–H and O–H groups in total. The van der Waals surface area contributed by atoms with Gasteiger partial charge >= 0.3 is 0 Å². The number of anilines is 2. The van der Waals surface area contributed by atoms with Gasteiger partial charge in [0.05, 0.1) is 23.0 Å². The van der Waals surface area contributed by atoms with Crippen LogP contribution in [0.15, 0.2) is 36.0 Å². The van der Waals surface area contributed by atoms with Crippen molar-refractivity contribution in [1.29, 1.82) is 0 Å². The predicted octanol–water partition coefficient (Wildman–Crippen LogP) is 2.79. The Balaban J connectivity index is 1.48. The lowest BCUT2D eigenvalue weighted by Gasteiger charge is -2.14. The molecule has 1 aliphatic heterocycles. The zero-order valence-electron chi connectivity index (χ0n) is 13.8. The molecule has 8 heteroatoms. The first kappa shape index (κ1) is 15.8. The smallest absolute Gasteiger partial charge is 0.274 e. The normalized spacial score (nSPS) is 14.0. The van der Waals surface area contributed by atoms with Crippen LogP contribution < -0.4 is 10.2 Å². The molecule has 0 atom stereocenters. The van der Waals surface area contributed by atoms with Gasteiger partial charge in [-0.15, -0.1) is 11.3 Å². The van der Waals surface area contributed by atoms with Gasteiger partial charge in [-0.1, -0.05) is 6.07 Å². The Hall–Kier alpha value is -2.74. The highest BCUT2D eigenvalue weighted by Crippen LogP contribution is 2.24. The molecule has 3 aromatic heterocycles. The highest BCUT2D eigenvalue weighted by molar-refractivity contribution is 7.13. The van der Waals surface area contributed by atoms with E-state index >= 15 is 0 Å². The standard InChI is InChI=1S/C17H18N6OS/c1-22-14(9-13(21-22)15-5-4-8-25-15)16(24)20-12-10-18-17(19-11-12)23-6-2-3-7-23/h4-5,8-11H,2-3,6-7H2,1H3,(H,20,24). The van der Waals surface area contributed by atoms with Crippen LogP contribution in [0, 0.1) is 0 Å². The predicted molar refractivity (Wildman–Crippen MR) is 98.0 cm³/mol. The molecule has 0 unspecified atom stereocenters. The van der Waals surface area contributed by atoms with Crippen molar-refractivity contribution in [2.24, 2.45) is 7.05 Å². The largest absolute Gasteiger partial charge is 0.341 e. The van der Waals surface area contributed by atoms with Crippen molar-refractivity contribution in [1.82, 2.24) is 19.7 Å². The van der Waals surface area contributed by atoms with Gasteiger partial charge in [-0.05, 0) is 30.4 Å². The molecule has 25 heavy (non-hydrogen) atoms. The molecule has 0 spiro atoms. The third kappa shape index (κ3) is 3.25. The van der Waals surface area contributed by atoms with Gasteiger partial charge in [0, 0.05) is 20.1 Å². The summed E-state index contributed by atoms with van der Waals surface area (Å²) in [4.78, 5) is 24.4. The number of hydrogen-bond donors (Lipinski definition) is 1. The summed E-state index contributed by atoms with van der Waals surface area (Å²) in [6.07, 6.45) is 5.65. The molecule has 1 aliphatic rings. The van der Waals surface area contributed by atoms with Gasteiger partial charge in [-0.2, -0.15) is 5.10 Å². The number of aromatic nitrogens is 4. The number of carbonyl (C=O) groups is 1. The van der Waals surface area contributed by atoms with Crippen LogP contribution in [0.4, 0.5) is 11.6 Å². The summed E-state index contributed by atoms with van der Waals surface area (Å²) < 4.78 is 1.59. The van der Waals surface area contributed by atoms with Crippen LogP contribution in [0.3, 0.4) is 0 Å². The van der Waals surface area contributed by atoms with Crippen LogP contribution in [0.5, 0.6) is 0 Å². The molecule has 1 amide bonds.